The summed E-state index contributed by atoms with van der Waals surface area (Å²) < 4.78 is 5.44. The van der Waals surface area contributed by atoms with Crippen LogP contribution in [-0.2, 0) is 13.0 Å². The van der Waals surface area contributed by atoms with Crippen molar-refractivity contribution in [1.82, 2.24) is 0 Å². The Bertz CT molecular complexity index is 593. The lowest BCUT2D eigenvalue weighted by molar-refractivity contribution is 0.0732. The van der Waals surface area contributed by atoms with Gasteiger partial charge in [-0.1, -0.05) is 30.3 Å². The highest BCUT2D eigenvalue weighted by Crippen LogP contribution is 2.23. The zero-order chi connectivity index (χ0) is 15.1. The summed E-state index contributed by atoms with van der Waals surface area (Å²) in [4.78, 5) is 12.1. The van der Waals surface area contributed by atoms with E-state index < -0.39 is 5.97 Å². The van der Waals surface area contributed by atoms with Crippen molar-refractivity contribution in [2.75, 3.05) is 6.61 Å². The maximum atomic E-state index is 12.1. The molecular formula is C17H18O4. The molecule has 2 rings (SSSR count). The van der Waals surface area contributed by atoms with Gasteiger partial charge in [-0.3, -0.25) is 0 Å². The van der Waals surface area contributed by atoms with Gasteiger partial charge >= 0.3 is 5.97 Å². The molecule has 0 aliphatic carbocycles. The van der Waals surface area contributed by atoms with E-state index in [1.54, 1.807) is 36.4 Å². The fraction of sp³-hybridized carbons (Fsp3) is 0.235. The molecule has 0 radical (unpaired) electrons. The molecule has 0 amide bonds. The van der Waals surface area contributed by atoms with Crippen molar-refractivity contribution in [3.05, 3.63) is 65.2 Å². The molecular weight excluding hydrogens is 268 g/mol. The van der Waals surface area contributed by atoms with Crippen LogP contribution in [0.15, 0.2) is 48.5 Å². The van der Waals surface area contributed by atoms with E-state index in [2.05, 4.69) is 0 Å². The molecule has 4 heteroatoms. The molecule has 0 bridgehead atoms. The molecule has 0 unspecified atom stereocenters. The predicted molar refractivity (Wildman–Crippen MR) is 79.2 cm³/mol. The SMILES string of the molecule is O=C(Oc1cc(CO)ccc1CCCO)c1ccccc1. The Hall–Kier alpha value is -2.17. The van der Waals surface area contributed by atoms with Crippen LogP contribution in [0.2, 0.25) is 0 Å². The summed E-state index contributed by atoms with van der Waals surface area (Å²) in [6, 6.07) is 14.0. The summed E-state index contributed by atoms with van der Waals surface area (Å²) in [6.45, 7) is -0.0377. The molecule has 0 aliphatic heterocycles. The molecule has 2 N–H and O–H groups in total. The van der Waals surface area contributed by atoms with Gasteiger partial charge in [-0.15, -0.1) is 0 Å². The number of aliphatic hydroxyl groups excluding tert-OH is 2. The van der Waals surface area contributed by atoms with Crippen molar-refractivity contribution < 1.29 is 19.7 Å². The Morgan fingerprint density at radius 3 is 2.48 bits per heavy atom. The number of rotatable bonds is 6. The molecule has 110 valence electrons. The van der Waals surface area contributed by atoms with E-state index in [-0.39, 0.29) is 13.2 Å². The highest BCUT2D eigenvalue weighted by atomic mass is 16.5. The lowest BCUT2D eigenvalue weighted by Crippen LogP contribution is -2.10. The number of hydrogen-bond donors (Lipinski definition) is 2. The monoisotopic (exact) mass is 286 g/mol. The number of aliphatic hydroxyl groups is 2. The molecule has 0 fully saturated rings. The van der Waals surface area contributed by atoms with Crippen molar-refractivity contribution in [2.45, 2.75) is 19.4 Å². The van der Waals surface area contributed by atoms with Crippen LogP contribution in [0.4, 0.5) is 0 Å². The summed E-state index contributed by atoms with van der Waals surface area (Å²) >= 11 is 0. The van der Waals surface area contributed by atoms with Crippen LogP contribution in [-0.4, -0.2) is 22.8 Å². The molecule has 0 saturated carbocycles. The fourth-order valence-corrected chi connectivity index (χ4v) is 2.00. The normalized spacial score (nSPS) is 10.4. The molecule has 0 aromatic heterocycles. The molecule has 2 aromatic rings. The largest absolute Gasteiger partial charge is 0.423 e. The highest BCUT2D eigenvalue weighted by Gasteiger charge is 2.12. The minimum atomic E-state index is -0.434. The minimum Gasteiger partial charge on any atom is -0.423 e. The predicted octanol–water partition coefficient (Wildman–Crippen LogP) is 2.32. The molecule has 21 heavy (non-hydrogen) atoms. The minimum absolute atomic E-state index is 0.0772. The van der Waals surface area contributed by atoms with Gasteiger partial charge in [-0.05, 0) is 42.2 Å². The number of carbonyl (C=O) groups is 1. The number of benzene rings is 2. The molecule has 0 saturated heterocycles. The smallest absolute Gasteiger partial charge is 0.343 e. The van der Waals surface area contributed by atoms with Crippen molar-refractivity contribution in [2.24, 2.45) is 0 Å². The van der Waals surface area contributed by atoms with Crippen LogP contribution in [0.5, 0.6) is 5.75 Å². The van der Waals surface area contributed by atoms with Gasteiger partial charge in [0.05, 0.1) is 12.2 Å². The summed E-state index contributed by atoms with van der Waals surface area (Å²) in [5.41, 5.74) is 1.99. The van der Waals surface area contributed by atoms with Crippen LogP contribution in [0, 0.1) is 0 Å². The van der Waals surface area contributed by atoms with E-state index in [4.69, 9.17) is 9.84 Å². The maximum absolute atomic E-state index is 12.1. The number of hydrogen-bond acceptors (Lipinski definition) is 4. The van der Waals surface area contributed by atoms with Gasteiger partial charge in [0.1, 0.15) is 5.75 Å². The molecule has 0 aliphatic rings. The van der Waals surface area contributed by atoms with Crippen molar-refractivity contribution in [1.29, 1.82) is 0 Å². The average Bonchev–Trinajstić information content (AvgIpc) is 2.54. The van der Waals surface area contributed by atoms with Crippen LogP contribution in [0.3, 0.4) is 0 Å². The third-order valence-corrected chi connectivity index (χ3v) is 3.13. The highest BCUT2D eigenvalue weighted by molar-refractivity contribution is 5.91. The Morgan fingerprint density at radius 2 is 1.81 bits per heavy atom. The number of aryl methyl sites for hydroxylation is 1. The Kier molecular flexibility index (Phi) is 5.49. The quantitative estimate of drug-likeness (QED) is 0.632. The van der Waals surface area contributed by atoms with Gasteiger partial charge in [0.2, 0.25) is 0 Å². The first kappa shape index (κ1) is 15.2. The lowest BCUT2D eigenvalue weighted by Gasteiger charge is -2.11. The summed E-state index contributed by atoms with van der Waals surface area (Å²) in [7, 11) is 0. The molecule has 0 atom stereocenters. The Labute approximate surface area is 123 Å². The summed E-state index contributed by atoms with van der Waals surface area (Å²) in [5, 5.41) is 18.1. The molecule has 0 spiro atoms. The fourth-order valence-electron chi connectivity index (χ4n) is 2.00. The first-order chi connectivity index (χ1) is 10.2. The van der Waals surface area contributed by atoms with E-state index in [9.17, 15) is 9.90 Å². The molecule has 0 heterocycles. The molecule has 2 aromatic carbocycles. The van der Waals surface area contributed by atoms with Crippen LogP contribution in [0.1, 0.15) is 27.9 Å². The van der Waals surface area contributed by atoms with Crippen LogP contribution < -0.4 is 4.74 Å². The summed E-state index contributed by atoms with van der Waals surface area (Å²) in [5.74, 6) is -0.000193. The zero-order valence-corrected chi connectivity index (χ0v) is 11.7. The standard InChI is InChI=1S/C17H18O4/c18-10-4-7-14-9-8-13(12-19)11-16(14)21-17(20)15-5-2-1-3-6-15/h1-3,5-6,8-9,11,18-19H,4,7,10,12H2. The topological polar surface area (TPSA) is 66.8 Å². The van der Waals surface area contributed by atoms with Gasteiger partial charge in [0, 0.05) is 6.61 Å². The van der Waals surface area contributed by atoms with E-state index in [0.29, 0.717) is 29.7 Å². The van der Waals surface area contributed by atoms with E-state index in [0.717, 1.165) is 5.56 Å². The van der Waals surface area contributed by atoms with E-state index in [1.165, 1.54) is 0 Å². The van der Waals surface area contributed by atoms with Gasteiger partial charge in [-0.2, -0.15) is 0 Å². The van der Waals surface area contributed by atoms with Crippen LogP contribution in [0.25, 0.3) is 0 Å². The third-order valence-electron chi connectivity index (χ3n) is 3.13. The van der Waals surface area contributed by atoms with Gasteiger partial charge in [0.15, 0.2) is 0 Å². The van der Waals surface area contributed by atoms with Crippen LogP contribution >= 0.6 is 0 Å². The maximum Gasteiger partial charge on any atom is 0.343 e. The number of esters is 1. The number of ether oxygens (including phenoxy) is 1. The second-order valence-electron chi connectivity index (χ2n) is 4.68. The van der Waals surface area contributed by atoms with E-state index in [1.807, 2.05) is 12.1 Å². The first-order valence-electron chi connectivity index (χ1n) is 6.85. The average molecular weight is 286 g/mol. The Morgan fingerprint density at radius 1 is 1.05 bits per heavy atom. The second-order valence-corrected chi connectivity index (χ2v) is 4.68. The van der Waals surface area contributed by atoms with Crippen molar-refractivity contribution in [3.63, 3.8) is 0 Å². The second kappa shape index (κ2) is 7.57. The van der Waals surface area contributed by atoms with Crippen molar-refractivity contribution >= 4 is 5.97 Å². The summed E-state index contributed by atoms with van der Waals surface area (Å²) in [6.07, 6.45) is 1.20. The van der Waals surface area contributed by atoms with Gasteiger partial charge in [0.25, 0.3) is 0 Å². The molecule has 4 nitrogen and oxygen atoms in total. The van der Waals surface area contributed by atoms with Gasteiger partial charge in [-0.25, -0.2) is 4.79 Å². The number of carbonyl (C=O) groups excluding carboxylic acids is 1. The zero-order valence-electron chi connectivity index (χ0n) is 11.7. The first-order valence-corrected chi connectivity index (χ1v) is 6.85. The third kappa shape index (κ3) is 4.15. The van der Waals surface area contributed by atoms with Crippen molar-refractivity contribution in [3.8, 4) is 5.75 Å². The van der Waals surface area contributed by atoms with Gasteiger partial charge < -0.3 is 14.9 Å². The van der Waals surface area contributed by atoms with E-state index >= 15 is 0 Å². The lowest BCUT2D eigenvalue weighted by atomic mass is 10.1. The Balaban J connectivity index is 2.22.